The number of benzene rings is 1. The van der Waals surface area contributed by atoms with Gasteiger partial charge < -0.3 is 15.0 Å². The van der Waals surface area contributed by atoms with Crippen molar-refractivity contribution in [1.29, 1.82) is 0 Å². The third-order valence-electron chi connectivity index (χ3n) is 5.85. The first kappa shape index (κ1) is 22.1. The summed E-state index contributed by atoms with van der Waals surface area (Å²) in [5.74, 6) is 0.641. The zero-order chi connectivity index (χ0) is 21.5. The Morgan fingerprint density at radius 2 is 2.07 bits per heavy atom. The number of piperidine rings is 1. The van der Waals surface area contributed by atoms with Gasteiger partial charge in [-0.1, -0.05) is 26.2 Å². The highest BCUT2D eigenvalue weighted by atomic mass is 16.5. The average molecular weight is 412 g/mol. The predicted molar refractivity (Wildman–Crippen MR) is 119 cm³/mol. The van der Waals surface area contributed by atoms with Crippen molar-refractivity contribution in [3.8, 4) is 5.75 Å². The van der Waals surface area contributed by atoms with Gasteiger partial charge in [0.2, 0.25) is 5.91 Å². The van der Waals surface area contributed by atoms with Gasteiger partial charge in [-0.05, 0) is 44.4 Å². The van der Waals surface area contributed by atoms with Gasteiger partial charge in [0.25, 0.3) is 5.91 Å². The molecular weight excluding hydrogens is 378 g/mol. The number of methoxy groups -OCH3 is 1. The lowest BCUT2D eigenvalue weighted by molar-refractivity contribution is -0.126. The first-order chi connectivity index (χ1) is 14.5. The molecule has 6 heteroatoms. The summed E-state index contributed by atoms with van der Waals surface area (Å²) in [4.78, 5) is 32.2. The van der Waals surface area contributed by atoms with Crippen molar-refractivity contribution in [3.63, 3.8) is 0 Å². The summed E-state index contributed by atoms with van der Waals surface area (Å²) in [5.41, 5.74) is 2.11. The summed E-state index contributed by atoms with van der Waals surface area (Å²) in [5, 5.41) is 3.96. The maximum absolute atomic E-state index is 13.2. The van der Waals surface area contributed by atoms with Gasteiger partial charge in [0.1, 0.15) is 5.75 Å². The number of pyridine rings is 1. The lowest BCUT2D eigenvalue weighted by Gasteiger charge is -2.32. The Morgan fingerprint density at radius 1 is 1.23 bits per heavy atom. The van der Waals surface area contributed by atoms with Crippen LogP contribution in [0.1, 0.15) is 61.5 Å². The van der Waals surface area contributed by atoms with E-state index in [4.69, 9.17) is 4.74 Å². The number of aromatic nitrogens is 1. The number of likely N-dealkylation sites (tertiary alicyclic amines) is 1. The molecule has 2 amide bonds. The van der Waals surface area contributed by atoms with Crippen molar-refractivity contribution >= 4 is 22.7 Å². The highest BCUT2D eigenvalue weighted by Crippen LogP contribution is 2.24. The number of carbonyl (C=O) groups is 2. The number of rotatable bonds is 8. The Balaban J connectivity index is 1.66. The van der Waals surface area contributed by atoms with E-state index in [1.54, 1.807) is 7.11 Å². The molecule has 1 fully saturated rings. The predicted octanol–water partition coefficient (Wildman–Crippen LogP) is 4.10. The van der Waals surface area contributed by atoms with Crippen LogP contribution in [-0.2, 0) is 4.79 Å². The summed E-state index contributed by atoms with van der Waals surface area (Å²) in [6.45, 7) is 5.91. The molecule has 2 aromatic rings. The number of nitrogens with zero attached hydrogens (tertiary/aromatic N) is 2. The van der Waals surface area contributed by atoms with Crippen molar-refractivity contribution < 1.29 is 14.3 Å². The Hall–Kier alpha value is -2.63. The standard InChI is InChI=1S/C24H33N3O3/c1-4-5-6-7-12-25-23(28)19-9-8-13-27(16-19)24(29)21-14-18-10-11-20(30-3)15-22(18)26-17(21)2/h10-11,14-15,19H,4-9,12-13,16H2,1-3H3,(H,25,28). The van der Waals surface area contributed by atoms with Crippen molar-refractivity contribution in [2.45, 2.75) is 52.4 Å². The van der Waals surface area contributed by atoms with E-state index < -0.39 is 0 Å². The molecule has 0 saturated carbocycles. The summed E-state index contributed by atoms with van der Waals surface area (Å²) < 4.78 is 5.26. The minimum Gasteiger partial charge on any atom is -0.497 e. The maximum atomic E-state index is 13.2. The van der Waals surface area contributed by atoms with Crippen LogP contribution in [-0.4, -0.2) is 48.4 Å². The number of aryl methyl sites for hydroxylation is 1. The van der Waals surface area contributed by atoms with Crippen LogP contribution in [0.3, 0.4) is 0 Å². The number of ether oxygens (including phenoxy) is 1. The van der Waals surface area contributed by atoms with Gasteiger partial charge in [-0.15, -0.1) is 0 Å². The molecule has 3 rings (SSSR count). The number of carbonyl (C=O) groups excluding carboxylic acids is 2. The molecule has 1 atom stereocenters. The molecule has 0 bridgehead atoms. The SMILES string of the molecule is CCCCCCNC(=O)C1CCCN(C(=O)c2cc3ccc(OC)cc3nc2C)C1. The summed E-state index contributed by atoms with van der Waals surface area (Å²) >= 11 is 0. The minimum atomic E-state index is -0.133. The number of fused-ring (bicyclic) bond motifs is 1. The molecule has 1 aliphatic rings. The Labute approximate surface area is 179 Å². The van der Waals surface area contributed by atoms with Crippen molar-refractivity contribution in [1.82, 2.24) is 15.2 Å². The van der Waals surface area contributed by atoms with E-state index in [0.29, 0.717) is 24.3 Å². The van der Waals surface area contributed by atoms with Crippen molar-refractivity contribution in [2.75, 3.05) is 26.7 Å². The number of nitrogens with one attached hydrogen (secondary N) is 1. The third-order valence-corrected chi connectivity index (χ3v) is 5.85. The molecule has 1 aromatic carbocycles. The molecule has 6 nitrogen and oxygen atoms in total. The van der Waals surface area contributed by atoms with E-state index in [1.165, 1.54) is 12.8 Å². The number of hydrogen-bond donors (Lipinski definition) is 1. The molecule has 162 valence electrons. The second-order valence-corrected chi connectivity index (χ2v) is 8.12. The zero-order valence-corrected chi connectivity index (χ0v) is 18.4. The van der Waals surface area contributed by atoms with Gasteiger partial charge in [0, 0.05) is 31.1 Å². The van der Waals surface area contributed by atoms with E-state index in [-0.39, 0.29) is 17.7 Å². The lowest BCUT2D eigenvalue weighted by Crippen LogP contribution is -2.45. The highest BCUT2D eigenvalue weighted by molar-refractivity contribution is 5.99. The monoisotopic (exact) mass is 411 g/mol. The number of unbranched alkanes of at least 4 members (excludes halogenated alkanes) is 3. The van der Waals surface area contributed by atoms with Crippen LogP contribution >= 0.6 is 0 Å². The van der Waals surface area contributed by atoms with Gasteiger partial charge >= 0.3 is 0 Å². The van der Waals surface area contributed by atoms with Gasteiger partial charge in [-0.3, -0.25) is 14.6 Å². The normalized spacial score (nSPS) is 16.5. The van der Waals surface area contributed by atoms with E-state index in [2.05, 4.69) is 17.2 Å². The van der Waals surface area contributed by atoms with Crippen molar-refractivity contribution in [2.24, 2.45) is 5.92 Å². The fourth-order valence-electron chi connectivity index (χ4n) is 4.04. The van der Waals surface area contributed by atoms with E-state index in [9.17, 15) is 9.59 Å². The van der Waals surface area contributed by atoms with E-state index in [0.717, 1.165) is 48.9 Å². The fourth-order valence-corrected chi connectivity index (χ4v) is 4.04. The van der Waals surface area contributed by atoms with Gasteiger partial charge in [0.05, 0.1) is 29.8 Å². The highest BCUT2D eigenvalue weighted by Gasteiger charge is 2.29. The number of hydrogen-bond acceptors (Lipinski definition) is 4. The van der Waals surface area contributed by atoms with Crippen molar-refractivity contribution in [3.05, 3.63) is 35.5 Å². The molecule has 0 aliphatic carbocycles. The Bertz CT molecular complexity index is 897. The smallest absolute Gasteiger partial charge is 0.255 e. The van der Waals surface area contributed by atoms with Crippen LogP contribution in [0.15, 0.2) is 24.3 Å². The zero-order valence-electron chi connectivity index (χ0n) is 18.4. The second kappa shape index (κ2) is 10.4. The van der Waals surface area contributed by atoms with Gasteiger partial charge in [-0.2, -0.15) is 0 Å². The van der Waals surface area contributed by atoms with E-state index in [1.807, 2.05) is 36.1 Å². The summed E-state index contributed by atoms with van der Waals surface area (Å²) in [6.07, 6.45) is 6.22. The molecule has 0 radical (unpaired) electrons. The van der Waals surface area contributed by atoms with E-state index >= 15 is 0 Å². The van der Waals surface area contributed by atoms with Crippen LogP contribution in [0.4, 0.5) is 0 Å². The summed E-state index contributed by atoms with van der Waals surface area (Å²) in [7, 11) is 1.63. The second-order valence-electron chi connectivity index (χ2n) is 8.12. The van der Waals surface area contributed by atoms with Crippen LogP contribution in [0.25, 0.3) is 10.9 Å². The number of amides is 2. The quantitative estimate of drug-likeness (QED) is 0.664. The summed E-state index contributed by atoms with van der Waals surface area (Å²) in [6, 6.07) is 7.56. The molecule has 1 aliphatic heterocycles. The van der Waals surface area contributed by atoms with Gasteiger partial charge in [-0.25, -0.2) is 0 Å². The van der Waals surface area contributed by atoms with Gasteiger partial charge in [0.15, 0.2) is 0 Å². The van der Waals surface area contributed by atoms with Crippen LogP contribution in [0.5, 0.6) is 5.75 Å². The first-order valence-electron chi connectivity index (χ1n) is 11.1. The largest absolute Gasteiger partial charge is 0.497 e. The van der Waals surface area contributed by atoms with Crippen LogP contribution in [0, 0.1) is 12.8 Å². The first-order valence-corrected chi connectivity index (χ1v) is 11.1. The lowest BCUT2D eigenvalue weighted by atomic mass is 9.96. The van der Waals surface area contributed by atoms with Crippen LogP contribution < -0.4 is 10.1 Å². The topological polar surface area (TPSA) is 71.5 Å². The molecular formula is C24H33N3O3. The average Bonchev–Trinajstić information content (AvgIpc) is 2.77. The minimum absolute atomic E-state index is 0.0434. The maximum Gasteiger partial charge on any atom is 0.255 e. The molecule has 1 N–H and O–H groups in total. The molecule has 1 unspecified atom stereocenters. The fraction of sp³-hybridized carbons (Fsp3) is 0.542. The molecule has 2 heterocycles. The van der Waals surface area contributed by atoms with Crippen LogP contribution in [0.2, 0.25) is 0 Å². The Morgan fingerprint density at radius 3 is 2.83 bits per heavy atom. The Kier molecular flexibility index (Phi) is 7.66. The molecule has 0 spiro atoms. The molecule has 1 aromatic heterocycles. The molecule has 30 heavy (non-hydrogen) atoms. The molecule has 1 saturated heterocycles. The third kappa shape index (κ3) is 5.29.